The van der Waals surface area contributed by atoms with Crippen molar-refractivity contribution in [2.24, 2.45) is 0 Å². The van der Waals surface area contributed by atoms with E-state index in [1.807, 2.05) is 13.0 Å². The number of benzene rings is 1. The lowest BCUT2D eigenvalue weighted by atomic mass is 10.1. The van der Waals surface area contributed by atoms with E-state index in [0.717, 1.165) is 50.4 Å². The maximum Gasteiger partial charge on any atom is 0.229 e. The van der Waals surface area contributed by atoms with Crippen LogP contribution >= 0.6 is 0 Å². The minimum Gasteiger partial charge on any atom is -0.299 e. The molecule has 0 atom stereocenters. The van der Waals surface area contributed by atoms with E-state index in [9.17, 15) is 14.0 Å². The van der Waals surface area contributed by atoms with Crippen LogP contribution in [0, 0.1) is 12.7 Å². The highest BCUT2D eigenvalue weighted by molar-refractivity contribution is 6.01. The number of rotatable bonds is 5. The van der Waals surface area contributed by atoms with Crippen LogP contribution in [0.25, 0.3) is 0 Å². The fourth-order valence-corrected chi connectivity index (χ4v) is 3.34. The van der Waals surface area contributed by atoms with Gasteiger partial charge in [0.1, 0.15) is 5.82 Å². The van der Waals surface area contributed by atoms with E-state index in [0.29, 0.717) is 19.4 Å². The molecule has 24 heavy (non-hydrogen) atoms. The van der Waals surface area contributed by atoms with Gasteiger partial charge < -0.3 is 0 Å². The first-order valence-electron chi connectivity index (χ1n) is 8.56. The highest BCUT2D eigenvalue weighted by atomic mass is 19.1. The number of amides is 2. The van der Waals surface area contributed by atoms with Gasteiger partial charge in [0.25, 0.3) is 0 Å². The molecule has 1 aromatic rings. The first-order chi connectivity index (χ1) is 11.5. The van der Waals surface area contributed by atoms with Crippen molar-refractivity contribution in [2.75, 3.05) is 39.3 Å². The Labute approximate surface area is 142 Å². The molecule has 2 aliphatic rings. The van der Waals surface area contributed by atoms with E-state index in [-0.39, 0.29) is 17.6 Å². The van der Waals surface area contributed by atoms with Crippen LogP contribution in [0.5, 0.6) is 0 Å². The van der Waals surface area contributed by atoms with Gasteiger partial charge >= 0.3 is 0 Å². The topological polar surface area (TPSA) is 43.9 Å². The van der Waals surface area contributed by atoms with Crippen LogP contribution in [0.3, 0.4) is 0 Å². The van der Waals surface area contributed by atoms with Gasteiger partial charge in [-0.25, -0.2) is 4.39 Å². The summed E-state index contributed by atoms with van der Waals surface area (Å²) in [6.07, 6.45) is 0.721. The quantitative estimate of drug-likeness (QED) is 0.764. The Morgan fingerprint density at radius 2 is 1.58 bits per heavy atom. The molecule has 1 aromatic carbocycles. The van der Waals surface area contributed by atoms with E-state index >= 15 is 0 Å². The predicted octanol–water partition coefficient (Wildman–Crippen LogP) is 1.40. The predicted molar refractivity (Wildman–Crippen MR) is 88.8 cm³/mol. The number of hydrogen-bond donors (Lipinski definition) is 0. The molecular formula is C18H24FN3O2. The van der Waals surface area contributed by atoms with E-state index < -0.39 is 0 Å². The summed E-state index contributed by atoms with van der Waals surface area (Å²) in [7, 11) is 0. The maximum absolute atomic E-state index is 13.4. The van der Waals surface area contributed by atoms with Crippen molar-refractivity contribution < 1.29 is 14.0 Å². The van der Waals surface area contributed by atoms with E-state index in [1.165, 1.54) is 11.0 Å². The average Bonchev–Trinajstić information content (AvgIpc) is 2.89. The van der Waals surface area contributed by atoms with Gasteiger partial charge in [0.2, 0.25) is 11.8 Å². The van der Waals surface area contributed by atoms with Crippen molar-refractivity contribution in [2.45, 2.75) is 26.3 Å². The van der Waals surface area contributed by atoms with Crippen molar-refractivity contribution in [1.29, 1.82) is 0 Å². The zero-order valence-electron chi connectivity index (χ0n) is 14.1. The van der Waals surface area contributed by atoms with Gasteiger partial charge in [0.05, 0.1) is 0 Å². The molecule has 0 aromatic heterocycles. The summed E-state index contributed by atoms with van der Waals surface area (Å²) in [5.74, 6) is -0.269. The van der Waals surface area contributed by atoms with Crippen LogP contribution in [0.2, 0.25) is 0 Å². The van der Waals surface area contributed by atoms with Gasteiger partial charge in [-0.2, -0.15) is 0 Å². The lowest BCUT2D eigenvalue weighted by Crippen LogP contribution is -2.48. The summed E-state index contributed by atoms with van der Waals surface area (Å²) in [5.41, 5.74) is 2.15. The van der Waals surface area contributed by atoms with E-state index in [4.69, 9.17) is 0 Å². The summed E-state index contributed by atoms with van der Waals surface area (Å²) < 4.78 is 13.4. The van der Waals surface area contributed by atoms with Crippen LogP contribution in [0.15, 0.2) is 18.2 Å². The smallest absolute Gasteiger partial charge is 0.229 e. The molecule has 2 saturated heterocycles. The number of imide groups is 1. The zero-order valence-corrected chi connectivity index (χ0v) is 14.1. The molecular weight excluding hydrogens is 309 g/mol. The molecule has 0 bridgehead atoms. The summed E-state index contributed by atoms with van der Waals surface area (Å²) in [6.45, 7) is 7.66. The number of likely N-dealkylation sites (tertiary alicyclic amines) is 1. The van der Waals surface area contributed by atoms with Gasteiger partial charge in [-0.1, -0.05) is 6.07 Å². The Kier molecular flexibility index (Phi) is 5.26. The van der Waals surface area contributed by atoms with Crippen molar-refractivity contribution >= 4 is 11.8 Å². The van der Waals surface area contributed by atoms with Crippen LogP contribution in [0.4, 0.5) is 4.39 Å². The normalized spacial score (nSPS) is 20.2. The third-order valence-corrected chi connectivity index (χ3v) is 4.96. The third kappa shape index (κ3) is 3.99. The molecule has 0 unspecified atom stereocenters. The highest BCUT2D eigenvalue weighted by Gasteiger charge is 2.29. The van der Waals surface area contributed by atoms with Crippen molar-refractivity contribution in [3.8, 4) is 0 Å². The molecule has 2 heterocycles. The molecule has 2 aliphatic heterocycles. The molecule has 2 fully saturated rings. The summed E-state index contributed by atoms with van der Waals surface area (Å²) in [6, 6.07) is 4.94. The Morgan fingerprint density at radius 3 is 2.25 bits per heavy atom. The number of aryl methyl sites for hydroxylation is 1. The zero-order chi connectivity index (χ0) is 17.1. The Morgan fingerprint density at radius 1 is 0.958 bits per heavy atom. The molecule has 0 N–H and O–H groups in total. The Balaban J connectivity index is 1.45. The SMILES string of the molecule is Cc1ccc(F)cc1CN1CCN(CCN2C(=O)CCC2=O)CC1. The van der Waals surface area contributed by atoms with Crippen molar-refractivity contribution in [3.05, 3.63) is 35.1 Å². The molecule has 130 valence electrons. The Bertz CT molecular complexity index is 611. The van der Waals surface area contributed by atoms with Gasteiger partial charge in [-0.05, 0) is 30.2 Å². The first kappa shape index (κ1) is 17.0. The number of carbonyl (C=O) groups is 2. The second kappa shape index (κ2) is 7.40. The number of carbonyl (C=O) groups excluding carboxylic acids is 2. The van der Waals surface area contributed by atoms with Gasteiger partial charge in [-0.3, -0.25) is 24.3 Å². The number of hydrogen-bond acceptors (Lipinski definition) is 4. The number of piperazine rings is 1. The molecule has 6 heteroatoms. The highest BCUT2D eigenvalue weighted by Crippen LogP contribution is 2.15. The molecule has 0 saturated carbocycles. The fourth-order valence-electron chi connectivity index (χ4n) is 3.34. The summed E-state index contributed by atoms with van der Waals surface area (Å²) in [4.78, 5) is 29.2. The first-order valence-corrected chi connectivity index (χ1v) is 8.56. The van der Waals surface area contributed by atoms with Crippen molar-refractivity contribution in [3.63, 3.8) is 0 Å². The monoisotopic (exact) mass is 333 g/mol. The number of halogens is 1. The fraction of sp³-hybridized carbons (Fsp3) is 0.556. The molecule has 5 nitrogen and oxygen atoms in total. The van der Waals surface area contributed by atoms with Gasteiger partial charge in [0.15, 0.2) is 0 Å². The summed E-state index contributed by atoms with van der Waals surface area (Å²) in [5, 5.41) is 0. The minimum absolute atomic E-state index is 0.0415. The largest absolute Gasteiger partial charge is 0.299 e. The average molecular weight is 333 g/mol. The minimum atomic E-state index is -0.186. The number of nitrogens with zero attached hydrogens (tertiary/aromatic N) is 3. The standard InChI is InChI=1S/C18H24FN3O2/c1-14-2-3-16(19)12-15(14)13-21-8-6-20(7-9-21)10-11-22-17(23)4-5-18(22)24/h2-3,12H,4-11,13H2,1H3. The molecule has 0 spiro atoms. The van der Waals surface area contributed by atoms with E-state index in [1.54, 1.807) is 6.07 Å². The second-order valence-corrected chi connectivity index (χ2v) is 6.63. The summed E-state index contributed by atoms with van der Waals surface area (Å²) >= 11 is 0. The molecule has 0 aliphatic carbocycles. The lowest BCUT2D eigenvalue weighted by Gasteiger charge is -2.35. The Hall–Kier alpha value is -1.79. The molecule has 0 radical (unpaired) electrons. The molecule has 3 rings (SSSR count). The third-order valence-electron chi connectivity index (χ3n) is 4.96. The maximum atomic E-state index is 13.4. The van der Waals surface area contributed by atoms with Gasteiger partial charge in [-0.15, -0.1) is 0 Å². The van der Waals surface area contributed by atoms with Crippen LogP contribution in [-0.4, -0.2) is 65.8 Å². The van der Waals surface area contributed by atoms with Crippen molar-refractivity contribution in [1.82, 2.24) is 14.7 Å². The van der Waals surface area contributed by atoms with Crippen LogP contribution < -0.4 is 0 Å². The second-order valence-electron chi connectivity index (χ2n) is 6.63. The van der Waals surface area contributed by atoms with Crippen LogP contribution in [-0.2, 0) is 16.1 Å². The van der Waals surface area contributed by atoms with E-state index in [2.05, 4.69) is 9.80 Å². The van der Waals surface area contributed by atoms with Gasteiger partial charge in [0, 0.05) is 58.7 Å². The van der Waals surface area contributed by atoms with Crippen LogP contribution in [0.1, 0.15) is 24.0 Å². The lowest BCUT2D eigenvalue weighted by molar-refractivity contribution is -0.138. The molecule has 2 amide bonds.